The van der Waals surface area contributed by atoms with Gasteiger partial charge in [-0.25, -0.2) is 8.42 Å². The summed E-state index contributed by atoms with van der Waals surface area (Å²) in [6, 6.07) is 13.2. The first kappa shape index (κ1) is 26.1. The fourth-order valence-corrected chi connectivity index (χ4v) is 3.43. The Labute approximate surface area is 195 Å². The number of hydrogen-bond donors (Lipinski definition) is 2. The molecule has 2 aromatic carbocycles. The summed E-state index contributed by atoms with van der Waals surface area (Å²) in [5, 5.41) is 5.58. The number of rotatable bonds is 12. The second-order valence-electron chi connectivity index (χ2n) is 7.38. The Morgan fingerprint density at radius 3 is 2.36 bits per heavy atom. The molecule has 33 heavy (non-hydrogen) atoms. The fourth-order valence-electron chi connectivity index (χ4n) is 2.93. The number of carbonyl (C=O) groups excluding carboxylic acids is 2. The number of methoxy groups -OCH3 is 1. The van der Waals surface area contributed by atoms with Crippen molar-refractivity contribution in [2.24, 2.45) is 0 Å². The third kappa shape index (κ3) is 7.76. The fraction of sp³-hybridized carbons (Fsp3) is 0.391. The van der Waals surface area contributed by atoms with Crippen LogP contribution in [-0.2, 0) is 19.6 Å². The van der Waals surface area contributed by atoms with Crippen molar-refractivity contribution in [3.05, 3.63) is 54.1 Å². The van der Waals surface area contributed by atoms with Gasteiger partial charge < -0.3 is 20.1 Å². The highest BCUT2D eigenvalue weighted by Gasteiger charge is 2.21. The zero-order valence-electron chi connectivity index (χ0n) is 19.3. The Morgan fingerprint density at radius 2 is 1.76 bits per heavy atom. The van der Waals surface area contributed by atoms with E-state index in [1.54, 1.807) is 55.6 Å². The molecule has 0 aliphatic heterocycles. The molecule has 0 aliphatic rings. The molecule has 0 aromatic heterocycles. The van der Waals surface area contributed by atoms with E-state index in [0.29, 0.717) is 48.7 Å². The van der Waals surface area contributed by atoms with Gasteiger partial charge in [-0.15, -0.1) is 0 Å². The molecule has 2 aromatic rings. The minimum atomic E-state index is -3.38. The van der Waals surface area contributed by atoms with Gasteiger partial charge in [0.2, 0.25) is 10.0 Å². The number of para-hydroxylation sites is 1. The summed E-state index contributed by atoms with van der Waals surface area (Å²) in [6.45, 7) is 2.81. The largest absolute Gasteiger partial charge is 0.481 e. The third-order valence-corrected chi connectivity index (χ3v) is 6.09. The lowest BCUT2D eigenvalue weighted by molar-refractivity contribution is -0.122. The third-order valence-electron chi connectivity index (χ3n) is 4.88. The summed E-state index contributed by atoms with van der Waals surface area (Å²) in [5.74, 6) is -0.261. The zero-order chi connectivity index (χ0) is 24.4. The Morgan fingerprint density at radius 1 is 1.09 bits per heavy atom. The Hall–Kier alpha value is -3.11. The van der Waals surface area contributed by atoms with Crippen LogP contribution in [0.2, 0.25) is 0 Å². The number of sulfonamides is 1. The van der Waals surface area contributed by atoms with E-state index in [4.69, 9.17) is 9.47 Å². The molecule has 0 radical (unpaired) electrons. The zero-order valence-corrected chi connectivity index (χ0v) is 20.1. The highest BCUT2D eigenvalue weighted by molar-refractivity contribution is 7.92. The Balaban J connectivity index is 2.06. The molecular formula is C23H31N3O6S. The van der Waals surface area contributed by atoms with Crippen LogP contribution in [0.4, 0.5) is 11.4 Å². The average molecular weight is 478 g/mol. The van der Waals surface area contributed by atoms with Crippen LogP contribution in [0.25, 0.3) is 0 Å². The topological polar surface area (TPSA) is 114 Å². The van der Waals surface area contributed by atoms with Gasteiger partial charge in [0.1, 0.15) is 5.75 Å². The molecule has 0 spiro atoms. The predicted octanol–water partition coefficient (Wildman–Crippen LogP) is 2.64. The van der Waals surface area contributed by atoms with E-state index in [1.807, 2.05) is 6.92 Å². The first-order chi connectivity index (χ1) is 15.7. The second-order valence-corrected chi connectivity index (χ2v) is 9.39. The van der Waals surface area contributed by atoms with Crippen molar-refractivity contribution in [1.82, 2.24) is 5.32 Å². The molecule has 1 atom stereocenters. The van der Waals surface area contributed by atoms with Crippen molar-refractivity contribution in [3.8, 4) is 5.75 Å². The summed E-state index contributed by atoms with van der Waals surface area (Å²) < 4.78 is 35.3. The molecular weight excluding hydrogens is 446 g/mol. The maximum atomic E-state index is 12.9. The molecule has 0 unspecified atom stereocenters. The number of nitrogens with zero attached hydrogens (tertiary/aromatic N) is 1. The van der Waals surface area contributed by atoms with Crippen molar-refractivity contribution in [3.63, 3.8) is 0 Å². The molecule has 2 N–H and O–H groups in total. The highest BCUT2D eigenvalue weighted by Crippen LogP contribution is 2.22. The van der Waals surface area contributed by atoms with E-state index in [9.17, 15) is 18.0 Å². The maximum Gasteiger partial charge on any atom is 0.265 e. The number of amides is 2. The van der Waals surface area contributed by atoms with Crippen LogP contribution in [0.1, 0.15) is 30.1 Å². The van der Waals surface area contributed by atoms with Crippen molar-refractivity contribution < 1.29 is 27.5 Å². The smallest absolute Gasteiger partial charge is 0.265 e. The van der Waals surface area contributed by atoms with E-state index in [0.717, 1.165) is 10.6 Å². The first-order valence-corrected chi connectivity index (χ1v) is 12.4. The number of carbonyl (C=O) groups is 2. The standard InChI is InChI=1S/C23H31N3O6S/c1-5-21(32-18-13-11-17(12-14-18)26(2)33(4,29)30)23(28)25-20-10-7-6-9-19(20)22(27)24-15-8-16-31-3/h6-7,9-14,21H,5,8,15-16H2,1-4H3,(H,24,27)(H,25,28)/t21-/m1/s1. The summed E-state index contributed by atoms with van der Waals surface area (Å²) in [6.07, 6.45) is 1.39. The van der Waals surface area contributed by atoms with Crippen LogP contribution < -0.4 is 19.7 Å². The number of nitrogens with one attached hydrogen (secondary N) is 2. The lowest BCUT2D eigenvalue weighted by Gasteiger charge is -2.20. The van der Waals surface area contributed by atoms with Crippen LogP contribution >= 0.6 is 0 Å². The minimum Gasteiger partial charge on any atom is -0.481 e. The van der Waals surface area contributed by atoms with E-state index in [1.165, 1.54) is 7.05 Å². The summed E-state index contributed by atoms with van der Waals surface area (Å²) in [5.41, 5.74) is 1.22. The van der Waals surface area contributed by atoms with Gasteiger partial charge in [-0.1, -0.05) is 19.1 Å². The Kier molecular flexibility index (Phi) is 9.68. The van der Waals surface area contributed by atoms with Gasteiger partial charge in [0.05, 0.1) is 23.2 Å². The number of anilines is 2. The molecule has 0 fully saturated rings. The maximum absolute atomic E-state index is 12.9. The van der Waals surface area contributed by atoms with Crippen LogP contribution in [0.15, 0.2) is 48.5 Å². The van der Waals surface area contributed by atoms with Crippen LogP contribution in [0, 0.1) is 0 Å². The quantitative estimate of drug-likeness (QED) is 0.454. The first-order valence-electron chi connectivity index (χ1n) is 10.5. The average Bonchev–Trinajstić information content (AvgIpc) is 2.79. The van der Waals surface area contributed by atoms with Crippen molar-refractivity contribution >= 4 is 33.2 Å². The monoisotopic (exact) mass is 477 g/mol. The van der Waals surface area contributed by atoms with Gasteiger partial charge in [0, 0.05) is 27.3 Å². The van der Waals surface area contributed by atoms with Gasteiger partial charge in [0.15, 0.2) is 6.10 Å². The molecule has 9 nitrogen and oxygen atoms in total. The van der Waals surface area contributed by atoms with Crippen LogP contribution in [-0.4, -0.2) is 59.9 Å². The normalized spacial score (nSPS) is 12.0. The van der Waals surface area contributed by atoms with E-state index in [-0.39, 0.29) is 5.91 Å². The van der Waals surface area contributed by atoms with Crippen LogP contribution in [0.3, 0.4) is 0 Å². The van der Waals surface area contributed by atoms with Gasteiger partial charge in [0.25, 0.3) is 11.8 Å². The van der Waals surface area contributed by atoms with E-state index in [2.05, 4.69) is 10.6 Å². The van der Waals surface area contributed by atoms with E-state index < -0.39 is 22.0 Å². The predicted molar refractivity (Wildman–Crippen MR) is 128 cm³/mol. The van der Waals surface area contributed by atoms with Crippen LogP contribution in [0.5, 0.6) is 5.75 Å². The van der Waals surface area contributed by atoms with Gasteiger partial charge >= 0.3 is 0 Å². The van der Waals surface area contributed by atoms with E-state index >= 15 is 0 Å². The lowest BCUT2D eigenvalue weighted by atomic mass is 10.1. The molecule has 10 heteroatoms. The van der Waals surface area contributed by atoms with Gasteiger partial charge in [-0.05, 0) is 49.2 Å². The second kappa shape index (κ2) is 12.2. The molecule has 0 aliphatic carbocycles. The summed E-state index contributed by atoms with van der Waals surface area (Å²) >= 11 is 0. The van der Waals surface area contributed by atoms with Gasteiger partial charge in [-0.3, -0.25) is 13.9 Å². The van der Waals surface area contributed by atoms with Crippen molar-refractivity contribution in [2.45, 2.75) is 25.9 Å². The molecule has 0 saturated heterocycles. The van der Waals surface area contributed by atoms with Crippen molar-refractivity contribution in [2.75, 3.05) is 43.2 Å². The van der Waals surface area contributed by atoms with Gasteiger partial charge in [-0.2, -0.15) is 0 Å². The highest BCUT2D eigenvalue weighted by atomic mass is 32.2. The number of ether oxygens (including phenoxy) is 2. The number of hydrogen-bond acceptors (Lipinski definition) is 6. The summed E-state index contributed by atoms with van der Waals surface area (Å²) in [7, 11) is -0.320. The summed E-state index contributed by atoms with van der Waals surface area (Å²) in [4.78, 5) is 25.4. The molecule has 180 valence electrons. The molecule has 0 bridgehead atoms. The SMILES string of the molecule is CC[C@@H](Oc1ccc(N(C)S(C)(=O)=O)cc1)C(=O)Nc1ccccc1C(=O)NCCCOC. The molecule has 0 saturated carbocycles. The lowest BCUT2D eigenvalue weighted by Crippen LogP contribution is -2.33. The van der Waals surface area contributed by atoms with Crippen molar-refractivity contribution in [1.29, 1.82) is 0 Å². The minimum absolute atomic E-state index is 0.290. The molecule has 2 amide bonds. The molecule has 0 heterocycles. The number of benzene rings is 2. The molecule has 2 rings (SSSR count). The Bertz CT molecular complexity index is 1040.